The lowest BCUT2D eigenvalue weighted by Gasteiger charge is -2.25. The van der Waals surface area contributed by atoms with E-state index in [1.165, 1.54) is 0 Å². The molecule has 0 aromatic rings. The molecule has 1 heterocycles. The van der Waals surface area contributed by atoms with Crippen LogP contribution in [0.4, 0.5) is 0 Å². The molecule has 0 saturated carbocycles. The van der Waals surface area contributed by atoms with Crippen molar-refractivity contribution >= 4 is 0 Å². The van der Waals surface area contributed by atoms with Crippen LogP contribution in [-0.2, 0) is 9.47 Å². The molecule has 1 saturated heterocycles. The van der Waals surface area contributed by atoms with Crippen LogP contribution < -0.4 is 5.32 Å². The van der Waals surface area contributed by atoms with E-state index in [1.54, 1.807) is 7.11 Å². The zero-order valence-electron chi connectivity index (χ0n) is 8.51. The standard InChI is InChI=1S/C10H19NO2/c1-3-4-6-11-8-10(12-2)5-7-13-9-10/h3-4,11H,5-9H2,1-2H3/b4-3+. The second kappa shape index (κ2) is 5.37. The van der Waals surface area contributed by atoms with E-state index in [-0.39, 0.29) is 5.60 Å². The van der Waals surface area contributed by atoms with Crippen molar-refractivity contribution in [2.24, 2.45) is 0 Å². The molecule has 76 valence electrons. The van der Waals surface area contributed by atoms with Crippen LogP contribution in [0.15, 0.2) is 12.2 Å². The molecule has 1 N–H and O–H groups in total. The summed E-state index contributed by atoms with van der Waals surface area (Å²) >= 11 is 0. The van der Waals surface area contributed by atoms with Crippen molar-refractivity contribution in [2.75, 3.05) is 33.4 Å². The number of methoxy groups -OCH3 is 1. The van der Waals surface area contributed by atoms with Crippen LogP contribution in [0.3, 0.4) is 0 Å². The number of nitrogens with one attached hydrogen (secondary N) is 1. The first-order valence-corrected chi connectivity index (χ1v) is 4.78. The van der Waals surface area contributed by atoms with Gasteiger partial charge in [0.15, 0.2) is 0 Å². The van der Waals surface area contributed by atoms with Gasteiger partial charge in [-0.05, 0) is 6.92 Å². The molecular weight excluding hydrogens is 166 g/mol. The average molecular weight is 185 g/mol. The summed E-state index contributed by atoms with van der Waals surface area (Å²) in [4.78, 5) is 0. The SMILES string of the molecule is C/C=C/CNCC1(OC)CCOC1. The van der Waals surface area contributed by atoms with Crippen LogP contribution in [-0.4, -0.2) is 39.0 Å². The van der Waals surface area contributed by atoms with E-state index in [0.29, 0.717) is 6.61 Å². The second-order valence-electron chi connectivity index (χ2n) is 3.39. The molecule has 0 radical (unpaired) electrons. The van der Waals surface area contributed by atoms with Gasteiger partial charge in [-0.3, -0.25) is 0 Å². The largest absolute Gasteiger partial charge is 0.378 e. The van der Waals surface area contributed by atoms with Crippen LogP contribution in [0.1, 0.15) is 13.3 Å². The van der Waals surface area contributed by atoms with Crippen molar-refractivity contribution in [1.29, 1.82) is 0 Å². The first-order valence-electron chi connectivity index (χ1n) is 4.78. The summed E-state index contributed by atoms with van der Waals surface area (Å²) in [6, 6.07) is 0. The first-order chi connectivity index (χ1) is 6.33. The Labute approximate surface area is 80.1 Å². The van der Waals surface area contributed by atoms with E-state index in [1.807, 2.05) is 13.0 Å². The van der Waals surface area contributed by atoms with Gasteiger partial charge in [0.05, 0.1) is 6.61 Å². The predicted molar refractivity (Wildman–Crippen MR) is 52.9 cm³/mol. The van der Waals surface area contributed by atoms with Gasteiger partial charge in [-0.25, -0.2) is 0 Å². The third-order valence-electron chi connectivity index (χ3n) is 2.45. The molecule has 0 aromatic carbocycles. The molecule has 0 bridgehead atoms. The van der Waals surface area contributed by atoms with Gasteiger partial charge in [-0.15, -0.1) is 0 Å². The molecule has 0 aliphatic carbocycles. The summed E-state index contributed by atoms with van der Waals surface area (Å²) in [6.07, 6.45) is 5.13. The minimum atomic E-state index is -0.0818. The third kappa shape index (κ3) is 3.10. The average Bonchev–Trinajstić information content (AvgIpc) is 2.62. The lowest BCUT2D eigenvalue weighted by atomic mass is 10.0. The summed E-state index contributed by atoms with van der Waals surface area (Å²) in [5, 5.41) is 3.33. The van der Waals surface area contributed by atoms with E-state index in [4.69, 9.17) is 9.47 Å². The molecule has 3 heteroatoms. The topological polar surface area (TPSA) is 30.5 Å². The molecule has 13 heavy (non-hydrogen) atoms. The summed E-state index contributed by atoms with van der Waals surface area (Å²) in [6.45, 7) is 5.33. The summed E-state index contributed by atoms with van der Waals surface area (Å²) in [7, 11) is 1.76. The van der Waals surface area contributed by atoms with Crippen molar-refractivity contribution < 1.29 is 9.47 Å². The van der Waals surface area contributed by atoms with E-state index < -0.39 is 0 Å². The predicted octanol–water partition coefficient (Wildman–Crippen LogP) is 0.958. The number of allylic oxidation sites excluding steroid dienone is 1. The van der Waals surface area contributed by atoms with Gasteiger partial charge in [0, 0.05) is 33.2 Å². The number of rotatable bonds is 5. The first kappa shape index (κ1) is 10.7. The maximum atomic E-state index is 5.47. The Morgan fingerprint density at radius 3 is 3.00 bits per heavy atom. The molecule has 1 aliphatic rings. The summed E-state index contributed by atoms with van der Waals surface area (Å²) < 4.78 is 10.8. The Bertz CT molecular complexity index is 162. The highest BCUT2D eigenvalue weighted by Crippen LogP contribution is 2.21. The summed E-state index contributed by atoms with van der Waals surface area (Å²) in [5.41, 5.74) is -0.0818. The second-order valence-corrected chi connectivity index (χ2v) is 3.39. The van der Waals surface area contributed by atoms with Crippen LogP contribution in [0, 0.1) is 0 Å². The number of hydrogen-bond donors (Lipinski definition) is 1. The maximum Gasteiger partial charge on any atom is 0.106 e. The van der Waals surface area contributed by atoms with E-state index in [0.717, 1.165) is 26.1 Å². The Balaban J connectivity index is 2.23. The highest BCUT2D eigenvalue weighted by molar-refractivity contribution is 4.89. The van der Waals surface area contributed by atoms with Gasteiger partial charge in [-0.1, -0.05) is 12.2 Å². The quantitative estimate of drug-likeness (QED) is 0.511. The molecular formula is C10H19NO2. The van der Waals surface area contributed by atoms with Crippen molar-refractivity contribution in [3.05, 3.63) is 12.2 Å². The number of ether oxygens (including phenoxy) is 2. The fourth-order valence-electron chi connectivity index (χ4n) is 1.46. The van der Waals surface area contributed by atoms with Crippen LogP contribution >= 0.6 is 0 Å². The Kier molecular flexibility index (Phi) is 4.42. The zero-order chi connectivity index (χ0) is 9.57. The lowest BCUT2D eigenvalue weighted by Crippen LogP contribution is -2.43. The molecule has 1 atom stereocenters. The van der Waals surface area contributed by atoms with Crippen LogP contribution in [0.2, 0.25) is 0 Å². The molecule has 1 aliphatic heterocycles. The van der Waals surface area contributed by atoms with Crippen LogP contribution in [0.25, 0.3) is 0 Å². The van der Waals surface area contributed by atoms with Gasteiger partial charge in [0.2, 0.25) is 0 Å². The number of hydrogen-bond acceptors (Lipinski definition) is 3. The van der Waals surface area contributed by atoms with Gasteiger partial charge in [0.1, 0.15) is 5.60 Å². The fourth-order valence-corrected chi connectivity index (χ4v) is 1.46. The Morgan fingerprint density at radius 1 is 1.62 bits per heavy atom. The molecule has 0 amide bonds. The van der Waals surface area contributed by atoms with Gasteiger partial charge in [0.25, 0.3) is 0 Å². The van der Waals surface area contributed by atoms with Crippen molar-refractivity contribution in [3.8, 4) is 0 Å². The highest BCUT2D eigenvalue weighted by Gasteiger charge is 2.34. The summed E-state index contributed by atoms with van der Waals surface area (Å²) in [5.74, 6) is 0. The molecule has 1 fully saturated rings. The van der Waals surface area contributed by atoms with E-state index >= 15 is 0 Å². The third-order valence-corrected chi connectivity index (χ3v) is 2.45. The Hall–Kier alpha value is -0.380. The fraction of sp³-hybridized carbons (Fsp3) is 0.800. The maximum absolute atomic E-state index is 5.47. The normalized spacial score (nSPS) is 28.8. The smallest absolute Gasteiger partial charge is 0.106 e. The zero-order valence-corrected chi connectivity index (χ0v) is 8.51. The van der Waals surface area contributed by atoms with Crippen molar-refractivity contribution in [1.82, 2.24) is 5.32 Å². The molecule has 1 rings (SSSR count). The molecule has 3 nitrogen and oxygen atoms in total. The van der Waals surface area contributed by atoms with Crippen LogP contribution in [0.5, 0.6) is 0 Å². The monoisotopic (exact) mass is 185 g/mol. The van der Waals surface area contributed by atoms with E-state index in [2.05, 4.69) is 11.4 Å². The minimum absolute atomic E-state index is 0.0818. The van der Waals surface area contributed by atoms with Crippen molar-refractivity contribution in [3.63, 3.8) is 0 Å². The Morgan fingerprint density at radius 2 is 2.46 bits per heavy atom. The van der Waals surface area contributed by atoms with Gasteiger partial charge < -0.3 is 14.8 Å². The van der Waals surface area contributed by atoms with Gasteiger partial charge in [-0.2, -0.15) is 0 Å². The lowest BCUT2D eigenvalue weighted by molar-refractivity contribution is -0.0150. The molecule has 1 unspecified atom stereocenters. The van der Waals surface area contributed by atoms with Gasteiger partial charge >= 0.3 is 0 Å². The molecule has 0 aromatic heterocycles. The minimum Gasteiger partial charge on any atom is -0.378 e. The highest BCUT2D eigenvalue weighted by atomic mass is 16.5. The van der Waals surface area contributed by atoms with E-state index in [9.17, 15) is 0 Å². The molecule has 0 spiro atoms. The van der Waals surface area contributed by atoms with Crippen molar-refractivity contribution in [2.45, 2.75) is 18.9 Å².